The minimum Gasteiger partial charge on any atom is -0.454 e. The van der Waals surface area contributed by atoms with Crippen LogP contribution in [0.15, 0.2) is 0 Å². The molecule has 28 heavy (non-hydrogen) atoms. The summed E-state index contributed by atoms with van der Waals surface area (Å²) in [4.78, 5) is 47.5. The molecule has 1 fully saturated rings. The number of terminal acetylenes is 1. The molecule has 0 spiro atoms. The summed E-state index contributed by atoms with van der Waals surface area (Å²) in [5.41, 5.74) is 0. The van der Waals surface area contributed by atoms with E-state index in [1.165, 1.54) is 0 Å². The van der Waals surface area contributed by atoms with Crippen LogP contribution in [-0.4, -0.2) is 54.6 Å². The first-order valence-corrected chi connectivity index (χ1v) is 9.20. The molecule has 1 saturated heterocycles. The van der Waals surface area contributed by atoms with Crippen molar-refractivity contribution in [3.05, 3.63) is 0 Å². The topological polar surface area (TPSA) is 114 Å². The van der Waals surface area contributed by atoms with Gasteiger partial charge in [0.25, 0.3) is 0 Å². The molecule has 9 heteroatoms. The molecular weight excluding hydrogens is 372 g/mol. The van der Waals surface area contributed by atoms with Crippen molar-refractivity contribution in [1.82, 2.24) is 0 Å². The van der Waals surface area contributed by atoms with Gasteiger partial charge in [-0.3, -0.25) is 19.2 Å². The van der Waals surface area contributed by atoms with Crippen molar-refractivity contribution < 1.29 is 42.9 Å². The van der Waals surface area contributed by atoms with Gasteiger partial charge in [-0.1, -0.05) is 33.6 Å². The highest BCUT2D eigenvalue weighted by Gasteiger charge is 2.53. The first kappa shape index (κ1) is 23.4. The fourth-order valence-electron chi connectivity index (χ4n) is 2.35. The zero-order chi connectivity index (χ0) is 21.3. The predicted molar refractivity (Wildman–Crippen MR) is 94.4 cm³/mol. The smallest absolute Gasteiger partial charge is 0.307 e. The van der Waals surface area contributed by atoms with Gasteiger partial charge in [-0.15, -0.1) is 6.42 Å². The van der Waals surface area contributed by atoms with Crippen LogP contribution in [0.3, 0.4) is 0 Å². The van der Waals surface area contributed by atoms with E-state index in [0.29, 0.717) is 0 Å². The van der Waals surface area contributed by atoms with Crippen LogP contribution in [0.4, 0.5) is 0 Å². The normalized spacial score (nSPS) is 26.5. The Morgan fingerprint density at radius 1 is 0.714 bits per heavy atom. The molecule has 5 atom stereocenters. The standard InChI is InChI=1S/C19H26O9/c1-6-11-16(25-12(20)7-2)17(26-13(21)8-3)18(27-14(22)9-4)19(24-11)28-15(23)10-5/h1,11,16-19H,7-10H2,2-5H3/t11-,16+,17+,18+,19?/m0/s1. The Morgan fingerprint density at radius 2 is 1.11 bits per heavy atom. The van der Waals surface area contributed by atoms with Gasteiger partial charge in [0.15, 0.2) is 18.3 Å². The van der Waals surface area contributed by atoms with Gasteiger partial charge in [0.2, 0.25) is 12.4 Å². The highest BCUT2D eigenvalue weighted by Crippen LogP contribution is 2.30. The third kappa shape index (κ3) is 6.23. The molecule has 156 valence electrons. The minimum absolute atomic E-state index is 0.0113. The van der Waals surface area contributed by atoms with E-state index >= 15 is 0 Å². The van der Waals surface area contributed by atoms with E-state index in [1.807, 2.05) is 0 Å². The Labute approximate surface area is 164 Å². The summed E-state index contributed by atoms with van der Waals surface area (Å²) in [5.74, 6) is -0.250. The van der Waals surface area contributed by atoms with Crippen LogP contribution < -0.4 is 0 Å². The lowest BCUT2D eigenvalue weighted by Gasteiger charge is -2.42. The number of rotatable bonds is 8. The quantitative estimate of drug-likeness (QED) is 0.338. The van der Waals surface area contributed by atoms with Gasteiger partial charge < -0.3 is 23.7 Å². The number of hydrogen-bond acceptors (Lipinski definition) is 9. The number of ether oxygens (including phenoxy) is 5. The Hall–Kier alpha value is -2.60. The van der Waals surface area contributed by atoms with Crippen LogP contribution >= 0.6 is 0 Å². The van der Waals surface area contributed by atoms with Crippen LogP contribution in [-0.2, 0) is 42.9 Å². The van der Waals surface area contributed by atoms with E-state index in [4.69, 9.17) is 30.1 Å². The van der Waals surface area contributed by atoms with E-state index < -0.39 is 54.6 Å². The highest BCUT2D eigenvalue weighted by molar-refractivity contribution is 5.72. The van der Waals surface area contributed by atoms with Crippen molar-refractivity contribution in [2.75, 3.05) is 0 Å². The predicted octanol–water partition coefficient (Wildman–Crippen LogP) is 1.26. The largest absolute Gasteiger partial charge is 0.454 e. The summed E-state index contributed by atoms with van der Waals surface area (Å²) in [7, 11) is 0. The number of esters is 4. The van der Waals surface area contributed by atoms with Crippen LogP contribution in [0.25, 0.3) is 0 Å². The fourth-order valence-corrected chi connectivity index (χ4v) is 2.35. The van der Waals surface area contributed by atoms with Gasteiger partial charge in [0.1, 0.15) is 0 Å². The second-order valence-corrected chi connectivity index (χ2v) is 5.86. The molecule has 9 nitrogen and oxygen atoms in total. The molecule has 1 aliphatic rings. The van der Waals surface area contributed by atoms with Crippen molar-refractivity contribution in [3.63, 3.8) is 0 Å². The van der Waals surface area contributed by atoms with Gasteiger partial charge in [-0.05, 0) is 0 Å². The number of carbonyl (C=O) groups is 4. The summed E-state index contributed by atoms with van der Waals surface area (Å²) >= 11 is 0. The van der Waals surface area contributed by atoms with Gasteiger partial charge in [0, 0.05) is 25.7 Å². The highest BCUT2D eigenvalue weighted by atomic mass is 16.7. The van der Waals surface area contributed by atoms with Gasteiger partial charge in [-0.25, -0.2) is 0 Å². The second kappa shape index (κ2) is 11.3. The van der Waals surface area contributed by atoms with Crippen molar-refractivity contribution in [2.45, 2.75) is 84.1 Å². The van der Waals surface area contributed by atoms with Crippen molar-refractivity contribution in [2.24, 2.45) is 0 Å². The molecule has 1 rings (SSSR count). The van der Waals surface area contributed by atoms with E-state index in [2.05, 4.69) is 5.92 Å². The number of hydrogen-bond donors (Lipinski definition) is 0. The molecule has 0 aromatic heterocycles. The first-order valence-electron chi connectivity index (χ1n) is 9.20. The van der Waals surface area contributed by atoms with Crippen molar-refractivity contribution in [1.29, 1.82) is 0 Å². The second-order valence-electron chi connectivity index (χ2n) is 5.86. The molecule has 1 heterocycles. The van der Waals surface area contributed by atoms with E-state index in [0.717, 1.165) is 0 Å². The van der Waals surface area contributed by atoms with E-state index in [-0.39, 0.29) is 25.7 Å². The fraction of sp³-hybridized carbons (Fsp3) is 0.684. The average molecular weight is 398 g/mol. The number of carbonyl (C=O) groups excluding carboxylic acids is 4. The molecule has 0 aromatic carbocycles. The maximum Gasteiger partial charge on any atom is 0.307 e. The lowest BCUT2D eigenvalue weighted by atomic mass is 9.98. The lowest BCUT2D eigenvalue weighted by molar-refractivity contribution is -0.287. The molecule has 0 radical (unpaired) electrons. The molecule has 1 aliphatic heterocycles. The van der Waals surface area contributed by atoms with E-state index in [9.17, 15) is 19.2 Å². The third-order valence-corrected chi connectivity index (χ3v) is 3.86. The molecule has 0 amide bonds. The zero-order valence-electron chi connectivity index (χ0n) is 16.5. The van der Waals surface area contributed by atoms with Gasteiger partial charge >= 0.3 is 23.9 Å². The SMILES string of the molecule is C#C[C@@H]1OC(OC(=O)CC)[C@H](OC(=O)CC)[C@H](OC(=O)CC)[C@@H]1OC(=O)CC. The van der Waals surface area contributed by atoms with E-state index in [1.54, 1.807) is 27.7 Å². The third-order valence-electron chi connectivity index (χ3n) is 3.86. The van der Waals surface area contributed by atoms with Crippen molar-refractivity contribution in [3.8, 4) is 12.3 Å². The summed E-state index contributed by atoms with van der Waals surface area (Å²) in [6.07, 6.45) is -0.921. The monoisotopic (exact) mass is 398 g/mol. The molecule has 0 bridgehead atoms. The zero-order valence-corrected chi connectivity index (χ0v) is 16.5. The maximum absolute atomic E-state index is 12.0. The molecule has 0 saturated carbocycles. The minimum atomic E-state index is -1.42. The van der Waals surface area contributed by atoms with Crippen molar-refractivity contribution >= 4 is 23.9 Å². The molecular formula is C19H26O9. The Kier molecular flexibility index (Phi) is 9.45. The Bertz CT molecular complexity index is 621. The van der Waals surface area contributed by atoms with Crippen LogP contribution in [0.2, 0.25) is 0 Å². The first-order chi connectivity index (χ1) is 13.3. The van der Waals surface area contributed by atoms with Crippen LogP contribution in [0.1, 0.15) is 53.4 Å². The van der Waals surface area contributed by atoms with Crippen LogP contribution in [0.5, 0.6) is 0 Å². The summed E-state index contributed by atoms with van der Waals surface area (Å²) in [5, 5.41) is 0. The lowest BCUT2D eigenvalue weighted by Crippen LogP contribution is -2.62. The maximum atomic E-state index is 12.0. The average Bonchev–Trinajstić information content (AvgIpc) is 2.70. The molecule has 0 aliphatic carbocycles. The summed E-state index contributed by atoms with van der Waals surface area (Å²) in [6.45, 7) is 6.27. The van der Waals surface area contributed by atoms with Gasteiger partial charge in [0.05, 0.1) is 0 Å². The summed E-state index contributed by atoms with van der Waals surface area (Å²) in [6, 6.07) is 0. The Morgan fingerprint density at radius 3 is 1.54 bits per heavy atom. The van der Waals surface area contributed by atoms with Gasteiger partial charge in [-0.2, -0.15) is 0 Å². The summed E-state index contributed by atoms with van der Waals surface area (Å²) < 4.78 is 26.7. The molecule has 1 unspecified atom stereocenters. The van der Waals surface area contributed by atoms with Crippen LogP contribution in [0, 0.1) is 12.3 Å². The molecule has 0 aromatic rings. The Balaban J connectivity index is 3.33. The molecule has 0 N–H and O–H groups in total.